The Bertz CT molecular complexity index is 476. The van der Waals surface area contributed by atoms with Gasteiger partial charge in [-0.2, -0.15) is 0 Å². The number of amides is 1. The summed E-state index contributed by atoms with van der Waals surface area (Å²) in [6.45, 7) is 0.443. The Kier molecular flexibility index (Phi) is 5.99. The number of nitrogens with two attached hydrogens (primary N) is 1. The van der Waals surface area contributed by atoms with Crippen LogP contribution in [0.3, 0.4) is 0 Å². The van der Waals surface area contributed by atoms with Crippen molar-refractivity contribution in [2.24, 2.45) is 5.73 Å². The van der Waals surface area contributed by atoms with E-state index in [0.29, 0.717) is 6.54 Å². The number of benzene rings is 1. The molecule has 0 spiro atoms. The molecular weight excluding hydrogens is 260 g/mol. The van der Waals surface area contributed by atoms with Gasteiger partial charge in [-0.15, -0.1) is 0 Å². The van der Waals surface area contributed by atoms with Gasteiger partial charge in [0, 0.05) is 20.0 Å². The van der Waals surface area contributed by atoms with Crippen molar-refractivity contribution in [1.82, 2.24) is 4.90 Å². The highest BCUT2D eigenvalue weighted by molar-refractivity contribution is 5.78. The van der Waals surface area contributed by atoms with E-state index in [-0.39, 0.29) is 18.7 Å². The minimum Gasteiger partial charge on any atom is -0.497 e. The van der Waals surface area contributed by atoms with Gasteiger partial charge in [0.05, 0.1) is 7.11 Å². The Hall–Kier alpha value is -2.08. The molecule has 0 aromatic heterocycles. The molecule has 0 heterocycles. The minimum absolute atomic E-state index is 0.119. The molecule has 0 aliphatic rings. The summed E-state index contributed by atoms with van der Waals surface area (Å²) in [5.41, 5.74) is 6.32. The maximum Gasteiger partial charge on any atom is 0.320 e. The number of carbonyl (C=O) groups excluding carboxylic acids is 1. The standard InChI is InChI=1S/C14H20N2O4/c1-16(13(17)7-6-12(15)14(18)19)9-10-4-3-5-11(8-10)20-2/h3-5,8,12H,6-7,9,15H2,1-2H3,(H,18,19). The molecule has 0 aliphatic heterocycles. The third kappa shape index (κ3) is 4.89. The number of carbonyl (C=O) groups is 2. The van der Waals surface area contributed by atoms with Gasteiger partial charge in [-0.1, -0.05) is 12.1 Å². The van der Waals surface area contributed by atoms with Crippen molar-refractivity contribution < 1.29 is 19.4 Å². The lowest BCUT2D eigenvalue weighted by molar-refractivity contribution is -0.139. The Morgan fingerprint density at radius 3 is 2.75 bits per heavy atom. The lowest BCUT2D eigenvalue weighted by atomic mass is 10.1. The van der Waals surface area contributed by atoms with Crippen LogP contribution in [-0.2, 0) is 16.1 Å². The second-order valence-electron chi connectivity index (χ2n) is 4.58. The quantitative estimate of drug-likeness (QED) is 0.772. The van der Waals surface area contributed by atoms with Crippen LogP contribution in [0.1, 0.15) is 18.4 Å². The molecule has 0 aliphatic carbocycles. The fourth-order valence-electron chi connectivity index (χ4n) is 1.73. The smallest absolute Gasteiger partial charge is 0.320 e. The lowest BCUT2D eigenvalue weighted by Crippen LogP contribution is -2.33. The zero-order valence-corrected chi connectivity index (χ0v) is 11.7. The van der Waals surface area contributed by atoms with Gasteiger partial charge in [-0.25, -0.2) is 0 Å². The number of hydrogen-bond donors (Lipinski definition) is 2. The highest BCUT2D eigenvalue weighted by Crippen LogP contribution is 2.14. The number of rotatable bonds is 7. The molecule has 110 valence electrons. The van der Waals surface area contributed by atoms with Crippen molar-refractivity contribution in [2.45, 2.75) is 25.4 Å². The number of aliphatic carboxylic acids is 1. The van der Waals surface area contributed by atoms with E-state index in [4.69, 9.17) is 15.6 Å². The van der Waals surface area contributed by atoms with Gasteiger partial charge in [0.1, 0.15) is 11.8 Å². The van der Waals surface area contributed by atoms with Gasteiger partial charge in [-0.3, -0.25) is 9.59 Å². The number of hydrogen-bond acceptors (Lipinski definition) is 4. The van der Waals surface area contributed by atoms with Gasteiger partial charge in [0.15, 0.2) is 0 Å². The first-order valence-corrected chi connectivity index (χ1v) is 6.29. The van der Waals surface area contributed by atoms with Crippen molar-refractivity contribution in [1.29, 1.82) is 0 Å². The molecule has 1 rings (SSSR count). The zero-order valence-electron chi connectivity index (χ0n) is 11.7. The molecule has 6 heteroatoms. The normalized spacial score (nSPS) is 11.8. The van der Waals surface area contributed by atoms with Gasteiger partial charge in [-0.05, 0) is 24.1 Å². The molecule has 1 unspecified atom stereocenters. The van der Waals surface area contributed by atoms with E-state index in [1.165, 1.54) is 0 Å². The molecule has 0 bridgehead atoms. The Morgan fingerprint density at radius 2 is 2.15 bits per heavy atom. The lowest BCUT2D eigenvalue weighted by Gasteiger charge is -2.18. The summed E-state index contributed by atoms with van der Waals surface area (Å²) in [6.07, 6.45) is 0.255. The average Bonchev–Trinajstić information content (AvgIpc) is 2.44. The molecule has 1 atom stereocenters. The van der Waals surface area contributed by atoms with Crippen LogP contribution in [0.4, 0.5) is 0 Å². The molecule has 0 saturated carbocycles. The van der Waals surface area contributed by atoms with E-state index in [1.807, 2.05) is 24.3 Å². The SMILES string of the molecule is COc1cccc(CN(C)C(=O)CCC(N)C(=O)O)c1. The summed E-state index contributed by atoms with van der Waals surface area (Å²) in [5.74, 6) is -0.492. The number of nitrogens with zero attached hydrogens (tertiary/aromatic N) is 1. The van der Waals surface area contributed by atoms with Gasteiger partial charge < -0.3 is 20.5 Å². The second-order valence-corrected chi connectivity index (χ2v) is 4.58. The topological polar surface area (TPSA) is 92.9 Å². The summed E-state index contributed by atoms with van der Waals surface area (Å²) in [4.78, 5) is 24.0. The van der Waals surface area contributed by atoms with Crippen molar-refractivity contribution in [2.75, 3.05) is 14.2 Å². The van der Waals surface area contributed by atoms with E-state index < -0.39 is 12.0 Å². The van der Waals surface area contributed by atoms with Gasteiger partial charge >= 0.3 is 5.97 Å². The van der Waals surface area contributed by atoms with Crippen LogP contribution in [0.15, 0.2) is 24.3 Å². The molecule has 1 aromatic carbocycles. The molecule has 0 fully saturated rings. The van der Waals surface area contributed by atoms with Gasteiger partial charge in [0.25, 0.3) is 0 Å². The van der Waals surface area contributed by atoms with Crippen molar-refractivity contribution in [3.8, 4) is 5.75 Å². The highest BCUT2D eigenvalue weighted by Gasteiger charge is 2.16. The predicted octanol–water partition coefficient (Wildman–Crippen LogP) is 0.846. The third-order valence-corrected chi connectivity index (χ3v) is 2.97. The van der Waals surface area contributed by atoms with E-state index in [2.05, 4.69) is 0 Å². The summed E-state index contributed by atoms with van der Waals surface area (Å²) < 4.78 is 5.12. The van der Waals surface area contributed by atoms with Crippen LogP contribution in [0, 0.1) is 0 Å². The van der Waals surface area contributed by atoms with Crippen LogP contribution >= 0.6 is 0 Å². The van der Waals surface area contributed by atoms with Gasteiger partial charge in [0.2, 0.25) is 5.91 Å². The maximum atomic E-state index is 11.9. The fraction of sp³-hybridized carbons (Fsp3) is 0.429. The van der Waals surface area contributed by atoms with Crippen molar-refractivity contribution in [3.63, 3.8) is 0 Å². The van der Waals surface area contributed by atoms with Crippen LogP contribution in [0.5, 0.6) is 5.75 Å². The molecule has 20 heavy (non-hydrogen) atoms. The van der Waals surface area contributed by atoms with Crippen LogP contribution < -0.4 is 10.5 Å². The predicted molar refractivity (Wildman–Crippen MR) is 74.3 cm³/mol. The Balaban J connectivity index is 2.50. The number of ether oxygens (including phenoxy) is 1. The molecule has 0 saturated heterocycles. The summed E-state index contributed by atoms with van der Waals surface area (Å²) in [5, 5.41) is 8.66. The molecular formula is C14H20N2O4. The van der Waals surface area contributed by atoms with E-state index in [0.717, 1.165) is 11.3 Å². The zero-order chi connectivity index (χ0) is 15.1. The van der Waals surface area contributed by atoms with Crippen LogP contribution in [0.2, 0.25) is 0 Å². The van der Waals surface area contributed by atoms with E-state index in [1.54, 1.807) is 19.1 Å². The summed E-state index contributed by atoms with van der Waals surface area (Å²) in [6, 6.07) is 6.44. The Morgan fingerprint density at radius 1 is 1.45 bits per heavy atom. The number of carboxylic acids is 1. The third-order valence-electron chi connectivity index (χ3n) is 2.97. The molecule has 6 nitrogen and oxygen atoms in total. The maximum absolute atomic E-state index is 11.9. The minimum atomic E-state index is -1.09. The Labute approximate surface area is 118 Å². The van der Waals surface area contributed by atoms with Crippen molar-refractivity contribution in [3.05, 3.63) is 29.8 Å². The summed E-state index contributed by atoms with van der Waals surface area (Å²) >= 11 is 0. The van der Waals surface area contributed by atoms with Crippen molar-refractivity contribution >= 4 is 11.9 Å². The highest BCUT2D eigenvalue weighted by atomic mass is 16.5. The molecule has 0 radical (unpaired) electrons. The second kappa shape index (κ2) is 7.49. The van der Waals surface area contributed by atoms with Crippen LogP contribution in [-0.4, -0.2) is 42.1 Å². The summed E-state index contributed by atoms with van der Waals surface area (Å²) in [7, 11) is 3.26. The fourth-order valence-corrected chi connectivity index (χ4v) is 1.73. The van der Waals surface area contributed by atoms with Crippen LogP contribution in [0.25, 0.3) is 0 Å². The number of carboxylic acid groups (broad SMARTS) is 1. The molecule has 1 aromatic rings. The largest absolute Gasteiger partial charge is 0.497 e. The van der Waals surface area contributed by atoms with E-state index in [9.17, 15) is 9.59 Å². The molecule has 3 N–H and O–H groups in total. The van der Waals surface area contributed by atoms with E-state index >= 15 is 0 Å². The first-order chi connectivity index (χ1) is 9.43. The first-order valence-electron chi connectivity index (χ1n) is 6.29. The monoisotopic (exact) mass is 280 g/mol. The first kappa shape index (κ1) is 16.0. The molecule has 1 amide bonds. The number of methoxy groups -OCH3 is 1. The average molecular weight is 280 g/mol.